The van der Waals surface area contributed by atoms with Gasteiger partial charge in [-0.05, 0) is 55.4 Å². The SMILES string of the molecule is Brc1ccc2c(c1)CCC(NCCOC1CCCC1)C2. The second-order valence-electron chi connectivity index (χ2n) is 6.08. The Morgan fingerprint density at radius 2 is 2.00 bits per heavy atom. The van der Waals surface area contributed by atoms with Gasteiger partial charge in [-0.15, -0.1) is 0 Å². The maximum atomic E-state index is 5.91. The van der Waals surface area contributed by atoms with Crippen LogP contribution in [-0.2, 0) is 17.6 Å². The van der Waals surface area contributed by atoms with E-state index in [2.05, 4.69) is 39.4 Å². The van der Waals surface area contributed by atoms with Crippen molar-refractivity contribution in [2.24, 2.45) is 0 Å². The van der Waals surface area contributed by atoms with Crippen molar-refractivity contribution in [3.05, 3.63) is 33.8 Å². The summed E-state index contributed by atoms with van der Waals surface area (Å²) in [5.41, 5.74) is 3.02. The van der Waals surface area contributed by atoms with Crippen LogP contribution in [0.5, 0.6) is 0 Å². The van der Waals surface area contributed by atoms with Crippen molar-refractivity contribution in [1.29, 1.82) is 0 Å². The lowest BCUT2D eigenvalue weighted by Gasteiger charge is -2.26. The fraction of sp³-hybridized carbons (Fsp3) is 0.647. The molecule has 0 spiro atoms. The van der Waals surface area contributed by atoms with Crippen molar-refractivity contribution in [3.63, 3.8) is 0 Å². The maximum Gasteiger partial charge on any atom is 0.0594 e. The van der Waals surface area contributed by atoms with Crippen molar-refractivity contribution < 1.29 is 4.74 Å². The number of hydrogen-bond donors (Lipinski definition) is 1. The van der Waals surface area contributed by atoms with E-state index in [9.17, 15) is 0 Å². The largest absolute Gasteiger partial charge is 0.377 e. The van der Waals surface area contributed by atoms with Gasteiger partial charge < -0.3 is 10.1 Å². The number of nitrogens with one attached hydrogen (secondary N) is 1. The molecule has 20 heavy (non-hydrogen) atoms. The summed E-state index contributed by atoms with van der Waals surface area (Å²) < 4.78 is 7.11. The van der Waals surface area contributed by atoms with E-state index in [1.165, 1.54) is 54.1 Å². The molecule has 3 rings (SSSR count). The molecule has 1 aromatic carbocycles. The molecule has 0 radical (unpaired) electrons. The van der Waals surface area contributed by atoms with Gasteiger partial charge in [0.2, 0.25) is 0 Å². The number of halogens is 1. The Labute approximate surface area is 130 Å². The van der Waals surface area contributed by atoms with Gasteiger partial charge in [-0.1, -0.05) is 34.8 Å². The molecule has 2 nitrogen and oxygen atoms in total. The molecule has 0 heterocycles. The second kappa shape index (κ2) is 7.06. The van der Waals surface area contributed by atoms with E-state index in [0.29, 0.717) is 12.1 Å². The predicted molar refractivity (Wildman–Crippen MR) is 86.2 cm³/mol. The zero-order valence-corrected chi connectivity index (χ0v) is 13.6. The van der Waals surface area contributed by atoms with E-state index in [1.807, 2.05) is 0 Å². The van der Waals surface area contributed by atoms with Crippen molar-refractivity contribution in [1.82, 2.24) is 5.32 Å². The smallest absolute Gasteiger partial charge is 0.0594 e. The summed E-state index contributed by atoms with van der Waals surface area (Å²) in [7, 11) is 0. The third kappa shape index (κ3) is 3.84. The highest BCUT2D eigenvalue weighted by Gasteiger charge is 2.19. The Bertz CT molecular complexity index is 443. The zero-order valence-electron chi connectivity index (χ0n) is 12.0. The lowest BCUT2D eigenvalue weighted by Crippen LogP contribution is -2.37. The molecule has 1 atom stereocenters. The van der Waals surface area contributed by atoms with Crippen molar-refractivity contribution in [3.8, 4) is 0 Å². The molecule has 1 saturated carbocycles. The molecule has 0 aliphatic heterocycles. The molecule has 0 saturated heterocycles. The topological polar surface area (TPSA) is 21.3 Å². The van der Waals surface area contributed by atoms with Crippen LogP contribution < -0.4 is 5.32 Å². The van der Waals surface area contributed by atoms with E-state index in [-0.39, 0.29) is 0 Å². The summed E-state index contributed by atoms with van der Waals surface area (Å²) >= 11 is 3.56. The van der Waals surface area contributed by atoms with Crippen LogP contribution in [0.1, 0.15) is 43.2 Å². The molecule has 0 aromatic heterocycles. The molecule has 1 N–H and O–H groups in total. The number of fused-ring (bicyclic) bond motifs is 1. The van der Waals surface area contributed by atoms with Gasteiger partial charge in [-0.3, -0.25) is 0 Å². The van der Waals surface area contributed by atoms with Crippen molar-refractivity contribution >= 4 is 15.9 Å². The lowest BCUT2D eigenvalue weighted by atomic mass is 9.88. The van der Waals surface area contributed by atoms with E-state index in [4.69, 9.17) is 4.74 Å². The Morgan fingerprint density at radius 1 is 1.15 bits per heavy atom. The van der Waals surface area contributed by atoms with Crippen LogP contribution in [0.3, 0.4) is 0 Å². The number of ether oxygens (including phenoxy) is 1. The second-order valence-corrected chi connectivity index (χ2v) is 7.00. The van der Waals surface area contributed by atoms with E-state index in [1.54, 1.807) is 0 Å². The monoisotopic (exact) mass is 337 g/mol. The maximum absolute atomic E-state index is 5.91. The highest BCUT2D eigenvalue weighted by atomic mass is 79.9. The molecule has 1 aromatic rings. The van der Waals surface area contributed by atoms with E-state index in [0.717, 1.165) is 19.6 Å². The molecule has 1 unspecified atom stereocenters. The highest BCUT2D eigenvalue weighted by Crippen LogP contribution is 2.25. The summed E-state index contributed by atoms with van der Waals surface area (Å²) in [6, 6.07) is 7.32. The normalized spacial score (nSPS) is 22.9. The number of benzene rings is 1. The molecule has 0 amide bonds. The minimum absolute atomic E-state index is 0.543. The fourth-order valence-corrected chi connectivity index (χ4v) is 3.85. The number of rotatable bonds is 5. The van der Waals surface area contributed by atoms with Crippen LogP contribution in [0, 0.1) is 0 Å². The summed E-state index contributed by atoms with van der Waals surface area (Å²) in [5.74, 6) is 0. The summed E-state index contributed by atoms with van der Waals surface area (Å²) in [6.45, 7) is 1.86. The molecule has 3 heteroatoms. The summed E-state index contributed by atoms with van der Waals surface area (Å²) in [6.07, 6.45) is 9.38. The van der Waals surface area contributed by atoms with E-state index < -0.39 is 0 Å². The summed E-state index contributed by atoms with van der Waals surface area (Å²) in [4.78, 5) is 0. The Hall–Kier alpha value is -0.380. The highest BCUT2D eigenvalue weighted by molar-refractivity contribution is 9.10. The first kappa shape index (κ1) is 14.6. The molecule has 110 valence electrons. The van der Waals surface area contributed by atoms with Gasteiger partial charge in [0.25, 0.3) is 0 Å². The van der Waals surface area contributed by atoms with Gasteiger partial charge in [0.1, 0.15) is 0 Å². The van der Waals surface area contributed by atoms with Gasteiger partial charge >= 0.3 is 0 Å². The van der Waals surface area contributed by atoms with Gasteiger partial charge in [0, 0.05) is 17.1 Å². The predicted octanol–water partition coefficient (Wildman–Crippen LogP) is 3.86. The molecule has 0 bridgehead atoms. The van der Waals surface area contributed by atoms with Gasteiger partial charge in [-0.25, -0.2) is 0 Å². The molecule has 1 fully saturated rings. The van der Waals surface area contributed by atoms with Crippen LogP contribution in [0.15, 0.2) is 22.7 Å². The minimum Gasteiger partial charge on any atom is -0.377 e. The molecular formula is C17H24BrNO. The average molecular weight is 338 g/mol. The van der Waals surface area contributed by atoms with Crippen LogP contribution in [0.25, 0.3) is 0 Å². The zero-order chi connectivity index (χ0) is 13.8. The van der Waals surface area contributed by atoms with Crippen LogP contribution in [0.4, 0.5) is 0 Å². The number of hydrogen-bond acceptors (Lipinski definition) is 2. The summed E-state index contributed by atoms with van der Waals surface area (Å²) in [5, 5.41) is 3.66. The van der Waals surface area contributed by atoms with Gasteiger partial charge in [0.15, 0.2) is 0 Å². The lowest BCUT2D eigenvalue weighted by molar-refractivity contribution is 0.0589. The minimum atomic E-state index is 0.543. The van der Waals surface area contributed by atoms with Gasteiger partial charge in [0.05, 0.1) is 12.7 Å². The van der Waals surface area contributed by atoms with Crippen molar-refractivity contribution in [2.45, 2.75) is 57.1 Å². The average Bonchev–Trinajstić information content (AvgIpc) is 2.97. The third-order valence-electron chi connectivity index (χ3n) is 4.59. The molecule has 2 aliphatic rings. The number of aryl methyl sites for hydroxylation is 1. The van der Waals surface area contributed by atoms with Crippen LogP contribution >= 0.6 is 15.9 Å². The Morgan fingerprint density at radius 3 is 2.85 bits per heavy atom. The first-order valence-electron chi connectivity index (χ1n) is 7.93. The van der Waals surface area contributed by atoms with Crippen LogP contribution in [0.2, 0.25) is 0 Å². The van der Waals surface area contributed by atoms with Gasteiger partial charge in [-0.2, -0.15) is 0 Å². The standard InChI is InChI=1S/C17H24BrNO/c18-15-7-5-14-12-16(8-6-13(14)11-15)19-9-10-20-17-3-1-2-4-17/h5,7,11,16-17,19H,1-4,6,8-10,12H2. The third-order valence-corrected chi connectivity index (χ3v) is 5.08. The Balaban J connectivity index is 1.40. The molecule has 2 aliphatic carbocycles. The quantitative estimate of drug-likeness (QED) is 0.824. The Kier molecular flexibility index (Phi) is 5.14. The van der Waals surface area contributed by atoms with Crippen LogP contribution in [-0.4, -0.2) is 25.3 Å². The molecular weight excluding hydrogens is 314 g/mol. The van der Waals surface area contributed by atoms with E-state index >= 15 is 0 Å². The van der Waals surface area contributed by atoms with Crippen molar-refractivity contribution in [2.75, 3.05) is 13.2 Å². The fourth-order valence-electron chi connectivity index (χ4n) is 3.44. The first-order valence-corrected chi connectivity index (χ1v) is 8.73. The first-order chi connectivity index (χ1) is 9.81.